The molecule has 25 heavy (non-hydrogen) atoms. The van der Waals surface area contributed by atoms with Gasteiger partial charge in [0, 0.05) is 17.0 Å². The van der Waals surface area contributed by atoms with Crippen molar-refractivity contribution in [1.82, 2.24) is 0 Å². The Bertz CT molecular complexity index is 889. The fourth-order valence-electron chi connectivity index (χ4n) is 2.91. The molecule has 2 heterocycles. The summed E-state index contributed by atoms with van der Waals surface area (Å²) < 4.78 is 10.0. The number of aliphatic carboxylic acids is 1. The number of hydrogen-bond acceptors (Lipinski definition) is 8. The van der Waals surface area contributed by atoms with Crippen molar-refractivity contribution in [2.45, 2.75) is 37.1 Å². The summed E-state index contributed by atoms with van der Waals surface area (Å²) in [6.45, 7) is 1.68. The third kappa shape index (κ3) is 2.71. The quantitative estimate of drug-likeness (QED) is 0.419. The highest BCUT2D eigenvalue weighted by molar-refractivity contribution is 5.80. The smallest absolute Gasteiger partial charge is 0.336 e. The van der Waals surface area contributed by atoms with Crippen molar-refractivity contribution in [3.63, 3.8) is 0 Å². The van der Waals surface area contributed by atoms with Gasteiger partial charge in [0.25, 0.3) is 0 Å². The summed E-state index contributed by atoms with van der Waals surface area (Å²) in [5.74, 6) is -4.25. The molecule has 5 N–H and O–H groups in total. The fraction of sp³-hybridized carbons (Fsp3) is 0.375. The van der Waals surface area contributed by atoms with Crippen molar-refractivity contribution in [3.8, 4) is 0 Å². The SMILES string of the molecule is Cc1cc(=O)oc2cc(C3(O)O[C@H](C(=O)O)[C@@H](O)[C@H](O)[C@H]3O)ccc12. The van der Waals surface area contributed by atoms with Gasteiger partial charge in [-0.3, -0.25) is 0 Å². The lowest BCUT2D eigenvalue weighted by Gasteiger charge is -2.44. The van der Waals surface area contributed by atoms with Gasteiger partial charge in [0.1, 0.15) is 23.9 Å². The zero-order valence-corrected chi connectivity index (χ0v) is 13.0. The van der Waals surface area contributed by atoms with E-state index in [2.05, 4.69) is 0 Å². The van der Waals surface area contributed by atoms with Crippen LogP contribution in [0.3, 0.4) is 0 Å². The van der Waals surface area contributed by atoms with E-state index in [4.69, 9.17) is 14.3 Å². The van der Waals surface area contributed by atoms with E-state index in [1.807, 2.05) is 0 Å². The van der Waals surface area contributed by atoms with Gasteiger partial charge in [-0.15, -0.1) is 0 Å². The number of aryl methyl sites for hydroxylation is 1. The van der Waals surface area contributed by atoms with Crippen LogP contribution in [0.1, 0.15) is 11.1 Å². The molecule has 9 nitrogen and oxygen atoms in total. The third-order valence-electron chi connectivity index (χ3n) is 4.30. The van der Waals surface area contributed by atoms with E-state index in [-0.39, 0.29) is 11.1 Å². The molecule has 0 spiro atoms. The Labute approximate surface area is 140 Å². The maximum atomic E-state index is 11.5. The number of benzene rings is 1. The van der Waals surface area contributed by atoms with Crippen LogP contribution >= 0.6 is 0 Å². The van der Waals surface area contributed by atoms with E-state index in [1.54, 1.807) is 6.92 Å². The lowest BCUT2D eigenvalue weighted by atomic mass is 9.87. The number of aliphatic hydroxyl groups is 4. The number of carbonyl (C=O) groups is 1. The number of ether oxygens (including phenoxy) is 1. The van der Waals surface area contributed by atoms with Gasteiger partial charge in [0.05, 0.1) is 0 Å². The molecule has 0 saturated carbocycles. The van der Waals surface area contributed by atoms with Crippen molar-refractivity contribution in [2.75, 3.05) is 0 Å². The van der Waals surface area contributed by atoms with Gasteiger partial charge >= 0.3 is 11.6 Å². The molecule has 5 atom stereocenters. The Morgan fingerprint density at radius 3 is 2.48 bits per heavy atom. The van der Waals surface area contributed by atoms with Gasteiger partial charge in [-0.2, -0.15) is 0 Å². The molecular formula is C16H16O9. The van der Waals surface area contributed by atoms with Crippen LogP contribution in [0.5, 0.6) is 0 Å². The summed E-state index contributed by atoms with van der Waals surface area (Å²) in [4.78, 5) is 22.7. The molecule has 1 fully saturated rings. The van der Waals surface area contributed by atoms with E-state index >= 15 is 0 Å². The molecule has 2 aromatic rings. The van der Waals surface area contributed by atoms with Crippen molar-refractivity contribution in [1.29, 1.82) is 0 Å². The molecule has 134 valence electrons. The molecule has 0 amide bonds. The summed E-state index contributed by atoms with van der Waals surface area (Å²) >= 11 is 0. The Morgan fingerprint density at radius 1 is 1.16 bits per heavy atom. The van der Waals surface area contributed by atoms with Crippen LogP contribution in [0.2, 0.25) is 0 Å². The molecular weight excluding hydrogens is 336 g/mol. The first-order valence-electron chi connectivity index (χ1n) is 7.37. The third-order valence-corrected chi connectivity index (χ3v) is 4.30. The Hall–Kier alpha value is -2.30. The maximum Gasteiger partial charge on any atom is 0.336 e. The number of rotatable bonds is 2. The van der Waals surface area contributed by atoms with Crippen molar-refractivity contribution >= 4 is 16.9 Å². The second-order valence-corrected chi connectivity index (χ2v) is 5.96. The van der Waals surface area contributed by atoms with Crippen molar-refractivity contribution in [3.05, 3.63) is 45.8 Å². The van der Waals surface area contributed by atoms with Gasteiger partial charge in [-0.1, -0.05) is 12.1 Å². The normalized spacial score (nSPS) is 32.7. The summed E-state index contributed by atoms with van der Waals surface area (Å²) in [5, 5.41) is 50.1. The molecule has 0 bridgehead atoms. The van der Waals surface area contributed by atoms with E-state index < -0.39 is 41.8 Å². The van der Waals surface area contributed by atoms with Crippen LogP contribution in [0, 0.1) is 6.92 Å². The Balaban J connectivity index is 2.14. The fourth-order valence-corrected chi connectivity index (χ4v) is 2.91. The highest BCUT2D eigenvalue weighted by Crippen LogP contribution is 2.37. The van der Waals surface area contributed by atoms with Gasteiger partial charge in [0.15, 0.2) is 6.10 Å². The molecule has 1 aliphatic heterocycles. The van der Waals surface area contributed by atoms with Gasteiger partial charge in [-0.05, 0) is 18.6 Å². The molecule has 0 radical (unpaired) electrons. The Morgan fingerprint density at radius 2 is 1.84 bits per heavy atom. The molecule has 1 unspecified atom stereocenters. The largest absolute Gasteiger partial charge is 0.479 e. The van der Waals surface area contributed by atoms with Crippen LogP contribution in [-0.4, -0.2) is 55.9 Å². The lowest BCUT2D eigenvalue weighted by molar-refractivity contribution is -0.349. The van der Waals surface area contributed by atoms with Crippen LogP contribution in [0.15, 0.2) is 33.5 Å². The van der Waals surface area contributed by atoms with Crippen LogP contribution in [0.25, 0.3) is 11.0 Å². The summed E-state index contributed by atoms with van der Waals surface area (Å²) in [5.41, 5.74) is -0.0652. The minimum Gasteiger partial charge on any atom is -0.479 e. The second kappa shape index (κ2) is 5.90. The monoisotopic (exact) mass is 352 g/mol. The van der Waals surface area contributed by atoms with Crippen LogP contribution in [0.4, 0.5) is 0 Å². The number of carboxylic acid groups (broad SMARTS) is 1. The van der Waals surface area contributed by atoms with Gasteiger partial charge < -0.3 is 34.7 Å². The molecule has 1 aromatic heterocycles. The van der Waals surface area contributed by atoms with E-state index in [0.717, 1.165) is 0 Å². The zero-order chi connectivity index (χ0) is 18.5. The molecule has 1 saturated heterocycles. The highest BCUT2D eigenvalue weighted by atomic mass is 16.7. The molecule has 1 aromatic carbocycles. The molecule has 1 aliphatic rings. The predicted molar refractivity (Wildman–Crippen MR) is 81.6 cm³/mol. The average molecular weight is 352 g/mol. The van der Waals surface area contributed by atoms with Crippen LogP contribution < -0.4 is 5.63 Å². The first kappa shape index (κ1) is 17.5. The minimum absolute atomic E-state index is 0.0826. The Kier molecular flexibility index (Phi) is 4.13. The summed E-state index contributed by atoms with van der Waals surface area (Å²) in [7, 11) is 0. The van der Waals surface area contributed by atoms with Crippen molar-refractivity contribution < 1.29 is 39.5 Å². The van der Waals surface area contributed by atoms with Gasteiger partial charge in [0.2, 0.25) is 5.79 Å². The topological polar surface area (TPSA) is 158 Å². The predicted octanol–water partition coefficient (Wildman–Crippen LogP) is -1.19. The average Bonchev–Trinajstić information content (AvgIpc) is 2.55. The standard InChI is InChI=1S/C16H16O9/c1-6-4-10(17)24-9-5-7(2-3-8(6)9)16(23)14(20)12(19)11(18)13(25-16)15(21)22/h2-5,11-14,18-20,23H,1H3,(H,21,22)/t11-,12-,13-,14+,16?/m0/s1. The maximum absolute atomic E-state index is 11.5. The number of carboxylic acids is 1. The number of aliphatic hydroxyl groups excluding tert-OH is 3. The van der Waals surface area contributed by atoms with E-state index in [9.17, 15) is 30.0 Å². The van der Waals surface area contributed by atoms with E-state index in [1.165, 1.54) is 24.3 Å². The molecule has 3 rings (SSSR count). The second-order valence-electron chi connectivity index (χ2n) is 5.96. The van der Waals surface area contributed by atoms with Crippen molar-refractivity contribution in [2.24, 2.45) is 0 Å². The highest BCUT2D eigenvalue weighted by Gasteiger charge is 2.56. The zero-order valence-electron chi connectivity index (χ0n) is 13.0. The summed E-state index contributed by atoms with van der Waals surface area (Å²) in [6.07, 6.45) is -7.91. The number of hydrogen-bond donors (Lipinski definition) is 5. The number of fused-ring (bicyclic) bond motifs is 1. The lowest BCUT2D eigenvalue weighted by Crippen LogP contribution is -2.64. The molecule has 0 aliphatic carbocycles. The first-order valence-corrected chi connectivity index (χ1v) is 7.37. The van der Waals surface area contributed by atoms with Crippen LogP contribution in [-0.2, 0) is 15.3 Å². The first-order chi connectivity index (χ1) is 11.6. The minimum atomic E-state index is -2.63. The summed E-state index contributed by atoms with van der Waals surface area (Å²) in [6, 6.07) is 5.31. The van der Waals surface area contributed by atoms with Gasteiger partial charge in [-0.25, -0.2) is 9.59 Å². The van der Waals surface area contributed by atoms with E-state index in [0.29, 0.717) is 10.9 Å². The molecule has 9 heteroatoms.